The summed E-state index contributed by atoms with van der Waals surface area (Å²) < 4.78 is 0. The zero-order valence-corrected chi connectivity index (χ0v) is 28.3. The van der Waals surface area contributed by atoms with Crippen LogP contribution in [0.25, 0.3) is 55.3 Å². The van der Waals surface area contributed by atoms with Gasteiger partial charge in [-0.1, -0.05) is 172 Å². The fourth-order valence-electron chi connectivity index (χ4n) is 8.02. The molecular weight excluding hydrogens is 603 g/mol. The Labute approximate surface area is 294 Å². The van der Waals surface area contributed by atoms with Gasteiger partial charge in [0.1, 0.15) is 0 Å². The predicted molar refractivity (Wildman–Crippen MR) is 213 cm³/mol. The molecule has 50 heavy (non-hydrogen) atoms. The third-order valence-electron chi connectivity index (χ3n) is 10.5. The number of hydrogen-bond acceptors (Lipinski definition) is 1. The van der Waals surface area contributed by atoms with E-state index in [4.69, 9.17) is 0 Å². The Balaban J connectivity index is 1.31. The van der Waals surface area contributed by atoms with Gasteiger partial charge in [-0.3, -0.25) is 0 Å². The van der Waals surface area contributed by atoms with Gasteiger partial charge in [-0.15, -0.1) is 0 Å². The molecule has 1 nitrogen and oxygen atoms in total. The molecule has 0 heterocycles. The van der Waals surface area contributed by atoms with Crippen LogP contribution < -0.4 is 4.90 Å². The lowest BCUT2D eigenvalue weighted by Gasteiger charge is -2.30. The van der Waals surface area contributed by atoms with Crippen molar-refractivity contribution in [1.29, 1.82) is 0 Å². The average Bonchev–Trinajstić information content (AvgIpc) is 3.42. The third kappa shape index (κ3) is 4.94. The lowest BCUT2D eigenvalue weighted by atomic mass is 9.82. The van der Waals surface area contributed by atoms with Crippen LogP contribution in [0.2, 0.25) is 0 Å². The first-order valence-electron chi connectivity index (χ1n) is 17.4. The molecule has 0 aliphatic heterocycles. The van der Waals surface area contributed by atoms with Gasteiger partial charge in [-0.2, -0.15) is 0 Å². The van der Waals surface area contributed by atoms with Crippen LogP contribution >= 0.6 is 0 Å². The first kappa shape index (κ1) is 29.9. The molecule has 238 valence electrons. The molecule has 0 radical (unpaired) electrons. The monoisotopic (exact) mass is 639 g/mol. The minimum Gasteiger partial charge on any atom is -0.310 e. The van der Waals surface area contributed by atoms with Crippen molar-refractivity contribution < 1.29 is 0 Å². The molecule has 8 aromatic rings. The molecule has 1 aliphatic rings. The van der Waals surface area contributed by atoms with Gasteiger partial charge in [0.05, 0.1) is 5.69 Å². The van der Waals surface area contributed by atoms with Crippen molar-refractivity contribution in [2.24, 2.45) is 0 Å². The van der Waals surface area contributed by atoms with Crippen molar-refractivity contribution in [1.82, 2.24) is 0 Å². The summed E-state index contributed by atoms with van der Waals surface area (Å²) in [4.78, 5) is 2.45. The number of nitrogens with zero attached hydrogens (tertiary/aromatic N) is 1. The maximum atomic E-state index is 2.45. The number of fused-ring (bicyclic) bond motifs is 4. The van der Waals surface area contributed by atoms with E-state index in [9.17, 15) is 0 Å². The number of hydrogen-bond donors (Lipinski definition) is 0. The molecule has 9 rings (SSSR count). The Morgan fingerprint density at radius 1 is 0.360 bits per heavy atom. The third-order valence-corrected chi connectivity index (χ3v) is 10.5. The summed E-state index contributed by atoms with van der Waals surface area (Å²) in [7, 11) is 0. The zero-order valence-electron chi connectivity index (χ0n) is 28.3. The lowest BCUT2D eigenvalue weighted by Crippen LogP contribution is -2.15. The lowest BCUT2D eigenvalue weighted by molar-refractivity contribution is 0.660. The number of rotatable bonds is 6. The molecule has 0 fully saturated rings. The van der Waals surface area contributed by atoms with Crippen molar-refractivity contribution in [3.63, 3.8) is 0 Å². The van der Waals surface area contributed by atoms with Crippen LogP contribution in [0.3, 0.4) is 0 Å². The topological polar surface area (TPSA) is 3.24 Å². The Kier molecular flexibility index (Phi) is 7.21. The van der Waals surface area contributed by atoms with Crippen molar-refractivity contribution in [3.05, 3.63) is 199 Å². The summed E-state index contributed by atoms with van der Waals surface area (Å²) in [5.74, 6) is 0. The van der Waals surface area contributed by atoms with E-state index in [0.717, 1.165) is 17.1 Å². The standard InChI is InChI=1S/C49H37N/c1-49(2)45-25-13-11-23-43(45)48-42(24-15-26-46(48)49)41-22-12-14-27-47(41)50(38-29-28-34-16-9-10-21-37(34)32-38)39-30-31-40(35-17-5-3-6-18-35)44(33-39)36-19-7-4-8-20-36/h3-33H,1-2H3. The van der Waals surface area contributed by atoms with Crippen molar-refractivity contribution in [3.8, 4) is 44.5 Å². The summed E-state index contributed by atoms with van der Waals surface area (Å²) in [6.07, 6.45) is 0. The highest BCUT2D eigenvalue weighted by Gasteiger charge is 2.37. The number of anilines is 3. The molecule has 0 amide bonds. The first-order valence-corrected chi connectivity index (χ1v) is 17.4. The van der Waals surface area contributed by atoms with Crippen molar-refractivity contribution in [2.45, 2.75) is 19.3 Å². The molecule has 0 aromatic heterocycles. The first-order chi connectivity index (χ1) is 24.6. The number of benzene rings is 8. The largest absolute Gasteiger partial charge is 0.310 e. The van der Waals surface area contributed by atoms with E-state index >= 15 is 0 Å². The summed E-state index contributed by atoms with van der Waals surface area (Å²) in [6.45, 7) is 4.71. The molecule has 0 unspecified atom stereocenters. The second kappa shape index (κ2) is 12.1. The molecule has 0 N–H and O–H groups in total. The maximum absolute atomic E-state index is 2.45. The van der Waals surface area contributed by atoms with Crippen LogP contribution in [-0.4, -0.2) is 0 Å². The van der Waals surface area contributed by atoms with Crippen LogP contribution in [-0.2, 0) is 5.41 Å². The van der Waals surface area contributed by atoms with Crippen molar-refractivity contribution >= 4 is 27.8 Å². The van der Waals surface area contributed by atoms with E-state index < -0.39 is 0 Å². The smallest absolute Gasteiger partial charge is 0.0540 e. The van der Waals surface area contributed by atoms with E-state index in [1.165, 1.54) is 66.4 Å². The van der Waals surface area contributed by atoms with E-state index in [0.29, 0.717) is 0 Å². The van der Waals surface area contributed by atoms with E-state index in [-0.39, 0.29) is 5.41 Å². The fourth-order valence-corrected chi connectivity index (χ4v) is 8.02. The van der Waals surface area contributed by atoms with E-state index in [2.05, 4.69) is 207 Å². The minimum absolute atomic E-state index is 0.0766. The second-order valence-corrected chi connectivity index (χ2v) is 13.7. The van der Waals surface area contributed by atoms with Crippen LogP contribution in [0.5, 0.6) is 0 Å². The quantitative estimate of drug-likeness (QED) is 0.175. The van der Waals surface area contributed by atoms with Crippen LogP contribution in [0.15, 0.2) is 188 Å². The highest BCUT2D eigenvalue weighted by Crippen LogP contribution is 2.54. The molecular formula is C49H37N. The molecule has 1 heteroatoms. The van der Waals surface area contributed by atoms with E-state index in [1.54, 1.807) is 0 Å². The Bertz CT molecular complexity index is 2510. The second-order valence-electron chi connectivity index (χ2n) is 13.7. The van der Waals surface area contributed by atoms with Gasteiger partial charge in [-0.25, -0.2) is 0 Å². The van der Waals surface area contributed by atoms with Gasteiger partial charge in [0.2, 0.25) is 0 Å². The van der Waals surface area contributed by atoms with Gasteiger partial charge in [0.15, 0.2) is 0 Å². The zero-order chi connectivity index (χ0) is 33.7. The SMILES string of the molecule is CC1(C)c2ccccc2-c2c(-c3ccccc3N(c3ccc(-c4ccccc4)c(-c4ccccc4)c3)c3ccc4ccccc4c3)cccc21. The van der Waals surface area contributed by atoms with Gasteiger partial charge in [-0.05, 0) is 91.2 Å². The summed E-state index contributed by atoms with van der Waals surface area (Å²) >= 11 is 0. The molecule has 8 aromatic carbocycles. The Morgan fingerprint density at radius 2 is 0.920 bits per heavy atom. The Hall–Kier alpha value is -6.18. The van der Waals surface area contributed by atoms with Crippen LogP contribution in [0, 0.1) is 0 Å². The molecule has 0 saturated carbocycles. The fraction of sp³-hybridized carbons (Fsp3) is 0.0612. The summed E-state index contributed by atoms with van der Waals surface area (Å²) in [5, 5.41) is 2.45. The van der Waals surface area contributed by atoms with Gasteiger partial charge >= 0.3 is 0 Å². The van der Waals surface area contributed by atoms with Crippen LogP contribution in [0.4, 0.5) is 17.1 Å². The highest BCUT2D eigenvalue weighted by molar-refractivity contribution is 6.00. The summed E-state index contributed by atoms with van der Waals surface area (Å²) in [6, 6.07) is 68.6. The maximum Gasteiger partial charge on any atom is 0.0540 e. The Morgan fingerprint density at radius 3 is 1.70 bits per heavy atom. The van der Waals surface area contributed by atoms with Gasteiger partial charge in [0, 0.05) is 22.4 Å². The molecule has 0 atom stereocenters. The van der Waals surface area contributed by atoms with E-state index in [1.807, 2.05) is 0 Å². The minimum atomic E-state index is -0.0766. The van der Waals surface area contributed by atoms with Gasteiger partial charge < -0.3 is 4.90 Å². The molecule has 1 aliphatic carbocycles. The predicted octanol–water partition coefficient (Wildman–Crippen LogP) is 13.6. The normalized spacial score (nSPS) is 12.8. The van der Waals surface area contributed by atoms with Crippen LogP contribution in [0.1, 0.15) is 25.0 Å². The highest BCUT2D eigenvalue weighted by atomic mass is 15.1. The molecule has 0 spiro atoms. The summed E-state index contributed by atoms with van der Waals surface area (Å²) in [5.41, 5.74) is 16.0. The van der Waals surface area contributed by atoms with Gasteiger partial charge in [0.25, 0.3) is 0 Å². The van der Waals surface area contributed by atoms with Crippen molar-refractivity contribution in [2.75, 3.05) is 4.90 Å². The number of para-hydroxylation sites is 1. The molecule has 0 saturated heterocycles. The molecule has 0 bridgehead atoms. The average molecular weight is 640 g/mol.